The van der Waals surface area contributed by atoms with Crippen LogP contribution in [0.5, 0.6) is 5.75 Å². The monoisotopic (exact) mass is 232 g/mol. The van der Waals surface area contributed by atoms with E-state index < -0.39 is 0 Å². The zero-order valence-corrected chi connectivity index (χ0v) is 10.6. The first-order valence-corrected chi connectivity index (χ1v) is 6.14. The fraction of sp³-hybridized carbons (Fsp3) is 0.400. The summed E-state index contributed by atoms with van der Waals surface area (Å²) in [7, 11) is 0. The molecule has 1 aromatic carbocycles. The van der Waals surface area contributed by atoms with Gasteiger partial charge in [-0.2, -0.15) is 0 Å². The molecule has 1 aromatic rings. The summed E-state index contributed by atoms with van der Waals surface area (Å²) in [6.07, 6.45) is 6.03. The second-order valence-corrected chi connectivity index (χ2v) is 3.88. The lowest BCUT2D eigenvalue weighted by Crippen LogP contribution is -2.02. The van der Waals surface area contributed by atoms with Crippen LogP contribution in [0.25, 0.3) is 6.08 Å². The number of para-hydroxylation sites is 1. The Labute approximate surface area is 103 Å². The third-order valence-corrected chi connectivity index (χ3v) is 2.52. The fourth-order valence-corrected chi connectivity index (χ4v) is 1.56. The number of hydrogen-bond donors (Lipinski definition) is 0. The average molecular weight is 232 g/mol. The highest BCUT2D eigenvalue weighted by Crippen LogP contribution is 2.19. The van der Waals surface area contributed by atoms with Gasteiger partial charge in [0.05, 0.1) is 6.61 Å². The van der Waals surface area contributed by atoms with Crippen molar-refractivity contribution in [2.24, 2.45) is 0 Å². The Morgan fingerprint density at radius 3 is 2.82 bits per heavy atom. The van der Waals surface area contributed by atoms with Gasteiger partial charge in [-0.1, -0.05) is 37.3 Å². The Morgan fingerprint density at radius 2 is 2.12 bits per heavy atom. The van der Waals surface area contributed by atoms with Gasteiger partial charge < -0.3 is 4.74 Å². The molecular weight excluding hydrogens is 212 g/mol. The minimum absolute atomic E-state index is 0.301. The molecule has 0 amide bonds. The number of carbonyl (C=O) groups excluding carboxylic acids is 1. The van der Waals surface area contributed by atoms with Crippen molar-refractivity contribution in [2.75, 3.05) is 6.61 Å². The smallest absolute Gasteiger partial charge is 0.132 e. The average Bonchev–Trinajstić information content (AvgIpc) is 2.36. The Kier molecular flexibility index (Phi) is 6.08. The van der Waals surface area contributed by atoms with Crippen molar-refractivity contribution in [3.63, 3.8) is 0 Å². The van der Waals surface area contributed by atoms with Crippen LogP contribution in [0.1, 0.15) is 38.7 Å². The van der Waals surface area contributed by atoms with E-state index in [1.54, 1.807) is 0 Å². The zero-order valence-electron chi connectivity index (χ0n) is 10.6. The summed E-state index contributed by atoms with van der Waals surface area (Å²) in [6, 6.07) is 7.92. The van der Waals surface area contributed by atoms with Crippen molar-refractivity contribution >= 4 is 11.9 Å². The van der Waals surface area contributed by atoms with Crippen LogP contribution in [-0.4, -0.2) is 12.4 Å². The Morgan fingerprint density at radius 1 is 1.35 bits per heavy atom. The number of carbonyl (C=O) groups is 1. The predicted molar refractivity (Wildman–Crippen MR) is 71.2 cm³/mol. The summed E-state index contributed by atoms with van der Waals surface area (Å²) in [5.74, 6) is 1.19. The SMILES string of the molecule is C/C=C/c1ccccc1OCCCC(=O)CC. The number of ketones is 1. The summed E-state index contributed by atoms with van der Waals surface area (Å²) in [6.45, 7) is 4.47. The van der Waals surface area contributed by atoms with Gasteiger partial charge >= 0.3 is 0 Å². The van der Waals surface area contributed by atoms with Crippen molar-refractivity contribution in [3.05, 3.63) is 35.9 Å². The van der Waals surface area contributed by atoms with Crippen LogP contribution in [-0.2, 0) is 4.79 Å². The van der Waals surface area contributed by atoms with Crippen LogP contribution in [0.15, 0.2) is 30.3 Å². The van der Waals surface area contributed by atoms with Gasteiger partial charge in [-0.3, -0.25) is 4.79 Å². The maximum absolute atomic E-state index is 11.1. The molecule has 0 heterocycles. The molecular formula is C15H20O2. The molecule has 92 valence electrons. The second-order valence-electron chi connectivity index (χ2n) is 3.88. The lowest BCUT2D eigenvalue weighted by molar-refractivity contribution is -0.118. The topological polar surface area (TPSA) is 26.3 Å². The summed E-state index contributed by atoms with van der Waals surface area (Å²) in [5, 5.41) is 0. The molecule has 0 aromatic heterocycles. The minimum atomic E-state index is 0.301. The molecule has 0 spiro atoms. The van der Waals surface area contributed by atoms with Crippen molar-refractivity contribution in [1.29, 1.82) is 0 Å². The summed E-state index contributed by atoms with van der Waals surface area (Å²) < 4.78 is 5.68. The van der Waals surface area contributed by atoms with Crippen molar-refractivity contribution in [2.45, 2.75) is 33.1 Å². The molecule has 0 fully saturated rings. The van der Waals surface area contributed by atoms with Gasteiger partial charge in [0, 0.05) is 18.4 Å². The highest BCUT2D eigenvalue weighted by molar-refractivity contribution is 5.77. The van der Waals surface area contributed by atoms with Crippen molar-refractivity contribution < 1.29 is 9.53 Å². The first-order chi connectivity index (χ1) is 8.27. The van der Waals surface area contributed by atoms with E-state index >= 15 is 0 Å². The van der Waals surface area contributed by atoms with E-state index in [1.807, 2.05) is 50.3 Å². The van der Waals surface area contributed by atoms with Gasteiger partial charge in [-0.05, 0) is 19.4 Å². The molecule has 0 saturated carbocycles. The number of benzene rings is 1. The van der Waals surface area contributed by atoms with E-state index in [-0.39, 0.29) is 0 Å². The largest absolute Gasteiger partial charge is 0.493 e. The molecule has 0 aliphatic heterocycles. The van der Waals surface area contributed by atoms with Gasteiger partial charge in [-0.15, -0.1) is 0 Å². The van der Waals surface area contributed by atoms with E-state index in [9.17, 15) is 4.79 Å². The lowest BCUT2D eigenvalue weighted by Gasteiger charge is -2.08. The van der Waals surface area contributed by atoms with Gasteiger partial charge in [0.1, 0.15) is 11.5 Å². The van der Waals surface area contributed by atoms with Gasteiger partial charge in [0.2, 0.25) is 0 Å². The molecule has 0 atom stereocenters. The summed E-state index contributed by atoms with van der Waals surface area (Å²) in [4.78, 5) is 11.1. The van der Waals surface area contributed by atoms with E-state index in [2.05, 4.69) is 0 Å². The maximum Gasteiger partial charge on any atom is 0.132 e. The van der Waals surface area contributed by atoms with Crippen LogP contribution in [0.4, 0.5) is 0 Å². The van der Waals surface area contributed by atoms with Crippen LogP contribution in [0.3, 0.4) is 0 Å². The molecule has 0 aliphatic rings. The zero-order chi connectivity index (χ0) is 12.5. The minimum Gasteiger partial charge on any atom is -0.493 e. The Hall–Kier alpha value is -1.57. The molecule has 0 saturated heterocycles. The van der Waals surface area contributed by atoms with E-state index in [4.69, 9.17) is 4.74 Å². The van der Waals surface area contributed by atoms with Crippen molar-refractivity contribution in [3.8, 4) is 5.75 Å². The Bertz CT molecular complexity index is 380. The highest BCUT2D eigenvalue weighted by atomic mass is 16.5. The van der Waals surface area contributed by atoms with Crippen LogP contribution < -0.4 is 4.74 Å². The van der Waals surface area contributed by atoms with Gasteiger partial charge in [-0.25, -0.2) is 0 Å². The second kappa shape index (κ2) is 7.66. The normalized spacial score (nSPS) is 10.7. The first kappa shape index (κ1) is 13.5. The number of rotatable bonds is 7. The number of ether oxygens (including phenoxy) is 1. The highest BCUT2D eigenvalue weighted by Gasteiger charge is 2.01. The first-order valence-electron chi connectivity index (χ1n) is 6.14. The molecule has 0 bridgehead atoms. The third kappa shape index (κ3) is 4.85. The molecule has 1 rings (SSSR count). The van der Waals surface area contributed by atoms with Crippen molar-refractivity contribution in [1.82, 2.24) is 0 Å². The summed E-state index contributed by atoms with van der Waals surface area (Å²) >= 11 is 0. The van der Waals surface area contributed by atoms with Crippen LogP contribution in [0, 0.1) is 0 Å². The third-order valence-electron chi connectivity index (χ3n) is 2.52. The number of allylic oxidation sites excluding steroid dienone is 1. The molecule has 0 radical (unpaired) electrons. The molecule has 0 aliphatic carbocycles. The molecule has 0 N–H and O–H groups in total. The van der Waals surface area contributed by atoms with Crippen LogP contribution >= 0.6 is 0 Å². The van der Waals surface area contributed by atoms with E-state index in [0.717, 1.165) is 17.7 Å². The molecule has 17 heavy (non-hydrogen) atoms. The quantitative estimate of drug-likeness (QED) is 0.667. The van der Waals surface area contributed by atoms with Crippen LogP contribution in [0.2, 0.25) is 0 Å². The van der Waals surface area contributed by atoms with Gasteiger partial charge in [0.25, 0.3) is 0 Å². The Balaban J connectivity index is 2.43. The summed E-state index contributed by atoms with van der Waals surface area (Å²) in [5.41, 5.74) is 1.08. The molecule has 0 unspecified atom stereocenters. The predicted octanol–water partition coefficient (Wildman–Crippen LogP) is 3.86. The fourth-order valence-electron chi connectivity index (χ4n) is 1.56. The maximum atomic E-state index is 11.1. The van der Waals surface area contributed by atoms with E-state index in [0.29, 0.717) is 25.2 Å². The number of Topliss-reactive ketones (excluding diaryl/α,β-unsaturated/α-hetero) is 1. The van der Waals surface area contributed by atoms with E-state index in [1.165, 1.54) is 0 Å². The number of hydrogen-bond acceptors (Lipinski definition) is 2. The standard InChI is InChI=1S/C15H20O2/c1-3-8-13-9-5-6-11-15(13)17-12-7-10-14(16)4-2/h3,5-6,8-9,11H,4,7,10,12H2,1-2H3/b8-3+. The molecule has 2 nitrogen and oxygen atoms in total. The van der Waals surface area contributed by atoms with Gasteiger partial charge in [0.15, 0.2) is 0 Å². The lowest BCUT2D eigenvalue weighted by atomic mass is 10.2. The molecule has 2 heteroatoms.